The third-order valence-electron chi connectivity index (χ3n) is 3.25. The number of benzene rings is 1. The summed E-state index contributed by atoms with van der Waals surface area (Å²) in [7, 11) is 0. The van der Waals surface area contributed by atoms with Crippen molar-refractivity contribution in [3.8, 4) is 17.6 Å². The lowest BCUT2D eigenvalue weighted by molar-refractivity contribution is 0.190. The van der Waals surface area contributed by atoms with Crippen LogP contribution < -0.4 is 4.74 Å². The molecule has 2 rings (SSSR count). The van der Waals surface area contributed by atoms with Gasteiger partial charge < -0.3 is 9.84 Å². The number of hydrogen-bond acceptors (Lipinski definition) is 4. The smallest absolute Gasteiger partial charge is 0.192 e. The second kappa shape index (κ2) is 6.75. The van der Waals surface area contributed by atoms with E-state index in [4.69, 9.17) is 16.6 Å². The first-order valence-electron chi connectivity index (χ1n) is 6.96. The minimum atomic E-state index is -0.217. The highest BCUT2D eigenvalue weighted by Gasteiger charge is 2.17. The Morgan fingerprint density at radius 3 is 2.68 bits per heavy atom. The van der Waals surface area contributed by atoms with Crippen molar-refractivity contribution >= 4 is 5.69 Å². The fourth-order valence-corrected chi connectivity index (χ4v) is 2.23. The van der Waals surface area contributed by atoms with Crippen molar-refractivity contribution in [2.75, 3.05) is 0 Å². The van der Waals surface area contributed by atoms with Gasteiger partial charge in [-0.2, -0.15) is 10.4 Å². The summed E-state index contributed by atoms with van der Waals surface area (Å²) in [5.41, 5.74) is 2.23. The lowest BCUT2D eigenvalue weighted by atomic mass is 10.2. The number of ether oxygens (including phenoxy) is 1. The van der Waals surface area contributed by atoms with E-state index < -0.39 is 0 Å². The molecule has 0 amide bonds. The maximum absolute atomic E-state index is 9.38. The SMILES string of the molecule is [C-]#[N+]c1cc(C#N)cc(Oc2c(CC)nn(CO)c2CC)c1. The first-order chi connectivity index (χ1) is 10.7. The Morgan fingerprint density at radius 1 is 1.36 bits per heavy atom. The molecule has 1 heterocycles. The molecule has 0 aliphatic heterocycles. The average molecular weight is 296 g/mol. The maximum atomic E-state index is 9.38. The van der Waals surface area contributed by atoms with Crippen LogP contribution in [-0.4, -0.2) is 14.9 Å². The van der Waals surface area contributed by atoms with Crippen LogP contribution in [0.2, 0.25) is 0 Å². The number of aromatic nitrogens is 2. The Labute approximate surface area is 129 Å². The summed E-state index contributed by atoms with van der Waals surface area (Å²) in [5, 5.41) is 22.7. The van der Waals surface area contributed by atoms with Gasteiger partial charge in [0.05, 0.1) is 18.3 Å². The van der Waals surface area contributed by atoms with Gasteiger partial charge in [-0.3, -0.25) is 0 Å². The molecule has 2 aromatic rings. The molecule has 0 radical (unpaired) electrons. The number of aryl methyl sites for hydroxylation is 1. The molecule has 6 heteroatoms. The van der Waals surface area contributed by atoms with Crippen molar-refractivity contribution in [2.45, 2.75) is 33.4 Å². The van der Waals surface area contributed by atoms with Gasteiger partial charge in [0, 0.05) is 5.56 Å². The van der Waals surface area contributed by atoms with E-state index in [0.717, 1.165) is 11.4 Å². The molecule has 0 atom stereocenters. The van der Waals surface area contributed by atoms with E-state index in [1.165, 1.54) is 10.7 Å². The number of aliphatic hydroxyl groups is 1. The van der Waals surface area contributed by atoms with E-state index in [9.17, 15) is 5.11 Å². The van der Waals surface area contributed by atoms with Gasteiger partial charge in [0.15, 0.2) is 11.4 Å². The average Bonchev–Trinajstić information content (AvgIpc) is 2.90. The molecule has 1 aromatic carbocycles. The number of nitriles is 1. The second-order valence-electron chi connectivity index (χ2n) is 4.61. The minimum Gasteiger partial charge on any atom is -0.455 e. The molecule has 0 saturated carbocycles. The van der Waals surface area contributed by atoms with Crippen LogP contribution >= 0.6 is 0 Å². The Hall–Kier alpha value is -2.83. The molecule has 0 aliphatic rings. The van der Waals surface area contributed by atoms with E-state index in [1.54, 1.807) is 12.1 Å². The third-order valence-corrected chi connectivity index (χ3v) is 3.25. The van der Waals surface area contributed by atoms with E-state index in [0.29, 0.717) is 35.6 Å². The van der Waals surface area contributed by atoms with Crippen LogP contribution in [0.5, 0.6) is 11.5 Å². The van der Waals surface area contributed by atoms with Gasteiger partial charge in [0.2, 0.25) is 0 Å². The maximum Gasteiger partial charge on any atom is 0.192 e. The van der Waals surface area contributed by atoms with E-state index in [1.807, 2.05) is 19.9 Å². The first kappa shape index (κ1) is 15.6. The zero-order valence-corrected chi connectivity index (χ0v) is 12.5. The van der Waals surface area contributed by atoms with Gasteiger partial charge in [0.25, 0.3) is 0 Å². The fourth-order valence-electron chi connectivity index (χ4n) is 2.23. The van der Waals surface area contributed by atoms with Gasteiger partial charge in [-0.05, 0) is 31.0 Å². The lowest BCUT2D eigenvalue weighted by Gasteiger charge is -2.09. The standard InChI is InChI=1S/C16H16N4O2/c1-4-14-16(15(5-2)20(10-21)19-14)22-13-7-11(9-17)6-12(8-13)18-3/h6-8,21H,4-5,10H2,1-2H3. The summed E-state index contributed by atoms with van der Waals surface area (Å²) in [4.78, 5) is 3.35. The highest BCUT2D eigenvalue weighted by Crippen LogP contribution is 2.32. The van der Waals surface area contributed by atoms with Crippen molar-refractivity contribution in [3.63, 3.8) is 0 Å². The molecule has 0 unspecified atom stereocenters. The molecule has 1 aromatic heterocycles. The lowest BCUT2D eigenvalue weighted by Crippen LogP contribution is -2.04. The van der Waals surface area contributed by atoms with Crippen molar-refractivity contribution in [2.24, 2.45) is 0 Å². The van der Waals surface area contributed by atoms with Crippen LogP contribution in [0.4, 0.5) is 5.69 Å². The normalized spacial score (nSPS) is 10.0. The number of nitrogens with zero attached hydrogens (tertiary/aromatic N) is 4. The summed E-state index contributed by atoms with van der Waals surface area (Å²) in [5.74, 6) is 1.01. The van der Waals surface area contributed by atoms with Crippen molar-refractivity contribution in [3.05, 3.63) is 46.6 Å². The first-order valence-corrected chi connectivity index (χ1v) is 6.96. The van der Waals surface area contributed by atoms with E-state index in [-0.39, 0.29) is 6.73 Å². The fraction of sp³-hybridized carbons (Fsp3) is 0.312. The Balaban J connectivity index is 2.49. The number of hydrogen-bond donors (Lipinski definition) is 1. The van der Waals surface area contributed by atoms with Crippen LogP contribution in [0.15, 0.2) is 18.2 Å². The van der Waals surface area contributed by atoms with Gasteiger partial charge in [-0.25, -0.2) is 9.53 Å². The Morgan fingerprint density at radius 2 is 2.14 bits per heavy atom. The van der Waals surface area contributed by atoms with E-state index >= 15 is 0 Å². The van der Waals surface area contributed by atoms with Gasteiger partial charge in [0.1, 0.15) is 18.2 Å². The molecule has 0 bridgehead atoms. The van der Waals surface area contributed by atoms with Gasteiger partial charge in [-0.15, -0.1) is 0 Å². The molecule has 6 nitrogen and oxygen atoms in total. The predicted molar refractivity (Wildman–Crippen MR) is 80.7 cm³/mol. The Bertz CT molecular complexity index is 733. The molecule has 112 valence electrons. The summed E-state index contributed by atoms with van der Waals surface area (Å²) < 4.78 is 7.40. The molecule has 1 N–H and O–H groups in total. The molecular formula is C16H16N4O2. The molecule has 0 fully saturated rings. The number of rotatable bonds is 5. The van der Waals surface area contributed by atoms with Crippen molar-refractivity contribution < 1.29 is 9.84 Å². The van der Waals surface area contributed by atoms with Gasteiger partial charge in [-0.1, -0.05) is 13.8 Å². The molecular weight excluding hydrogens is 280 g/mol. The van der Waals surface area contributed by atoms with Gasteiger partial charge >= 0.3 is 0 Å². The number of aliphatic hydroxyl groups excluding tert-OH is 1. The zero-order valence-electron chi connectivity index (χ0n) is 12.5. The van der Waals surface area contributed by atoms with Crippen LogP contribution in [0, 0.1) is 17.9 Å². The quantitative estimate of drug-likeness (QED) is 0.860. The summed E-state index contributed by atoms with van der Waals surface area (Å²) >= 11 is 0. The van der Waals surface area contributed by atoms with Crippen molar-refractivity contribution in [1.29, 1.82) is 5.26 Å². The predicted octanol–water partition coefficient (Wildman–Crippen LogP) is 3.17. The van der Waals surface area contributed by atoms with Crippen LogP contribution in [0.3, 0.4) is 0 Å². The summed E-state index contributed by atoms with van der Waals surface area (Å²) in [6.07, 6.45) is 1.31. The minimum absolute atomic E-state index is 0.217. The largest absolute Gasteiger partial charge is 0.455 e. The topological polar surface area (TPSA) is 75.4 Å². The molecule has 22 heavy (non-hydrogen) atoms. The monoisotopic (exact) mass is 296 g/mol. The second-order valence-corrected chi connectivity index (χ2v) is 4.61. The molecule has 0 aliphatic carbocycles. The zero-order chi connectivity index (χ0) is 16.1. The molecule has 0 spiro atoms. The Kier molecular flexibility index (Phi) is 4.77. The van der Waals surface area contributed by atoms with Crippen LogP contribution in [0.1, 0.15) is 30.8 Å². The third kappa shape index (κ3) is 2.93. The summed E-state index contributed by atoms with van der Waals surface area (Å²) in [6.45, 7) is 10.8. The highest BCUT2D eigenvalue weighted by atomic mass is 16.5. The van der Waals surface area contributed by atoms with Crippen molar-refractivity contribution in [1.82, 2.24) is 9.78 Å². The highest BCUT2D eigenvalue weighted by molar-refractivity contribution is 5.56. The van der Waals surface area contributed by atoms with Crippen LogP contribution in [-0.2, 0) is 19.6 Å². The summed E-state index contributed by atoms with van der Waals surface area (Å²) in [6, 6.07) is 6.70. The van der Waals surface area contributed by atoms with E-state index in [2.05, 4.69) is 9.94 Å². The molecule has 0 saturated heterocycles. The van der Waals surface area contributed by atoms with Crippen LogP contribution in [0.25, 0.3) is 4.85 Å².